The highest BCUT2D eigenvalue weighted by Gasteiger charge is 2.42. The number of hydrogen-bond donors (Lipinski definition) is 1. The number of guanidine groups is 1. The van der Waals surface area contributed by atoms with Crippen molar-refractivity contribution in [1.82, 2.24) is 4.90 Å². The van der Waals surface area contributed by atoms with Crippen LogP contribution in [0.1, 0.15) is 12.8 Å². The lowest BCUT2D eigenvalue weighted by atomic mass is 9.94. The lowest BCUT2D eigenvalue weighted by Gasteiger charge is -2.41. The summed E-state index contributed by atoms with van der Waals surface area (Å²) in [5.74, 6) is 3.13. The van der Waals surface area contributed by atoms with Gasteiger partial charge >= 0.3 is 0 Å². The van der Waals surface area contributed by atoms with Crippen LogP contribution in [0.3, 0.4) is 0 Å². The van der Waals surface area contributed by atoms with Gasteiger partial charge in [-0.25, -0.2) is 0 Å². The Labute approximate surface area is 95.2 Å². The summed E-state index contributed by atoms with van der Waals surface area (Å²) in [7, 11) is 1.73. The lowest BCUT2D eigenvalue weighted by molar-refractivity contribution is 0.133. The monoisotopic (exact) mass is 229 g/mol. The maximum absolute atomic E-state index is 5.94. The van der Waals surface area contributed by atoms with Crippen molar-refractivity contribution in [2.45, 2.75) is 18.4 Å². The molecule has 0 aliphatic carbocycles. The van der Waals surface area contributed by atoms with Crippen molar-refractivity contribution >= 4 is 17.7 Å². The number of thioether (sulfide) groups is 1. The second kappa shape index (κ2) is 4.61. The predicted molar refractivity (Wildman–Crippen MR) is 64.4 cm³/mol. The van der Waals surface area contributed by atoms with E-state index in [4.69, 9.17) is 10.5 Å². The Balaban J connectivity index is 2.04. The van der Waals surface area contributed by atoms with E-state index in [-0.39, 0.29) is 5.54 Å². The molecule has 1 atom stereocenters. The smallest absolute Gasteiger partial charge is 0.191 e. The Morgan fingerprint density at radius 2 is 2.53 bits per heavy atom. The van der Waals surface area contributed by atoms with Crippen molar-refractivity contribution in [2.24, 2.45) is 10.7 Å². The summed E-state index contributed by atoms with van der Waals surface area (Å²) in [6.45, 7) is 2.46. The van der Waals surface area contributed by atoms with Crippen molar-refractivity contribution in [3.8, 4) is 0 Å². The third-order valence-electron chi connectivity index (χ3n) is 3.21. The summed E-state index contributed by atoms with van der Waals surface area (Å²) in [5.41, 5.74) is 6.14. The van der Waals surface area contributed by atoms with Gasteiger partial charge in [-0.2, -0.15) is 11.8 Å². The Kier molecular flexibility index (Phi) is 3.41. The third-order valence-corrected chi connectivity index (χ3v) is 4.52. The molecule has 86 valence electrons. The normalized spacial score (nSPS) is 31.0. The van der Waals surface area contributed by atoms with Crippen LogP contribution in [-0.4, -0.2) is 54.7 Å². The fourth-order valence-corrected chi connectivity index (χ4v) is 3.62. The molecule has 0 aromatic heterocycles. The van der Waals surface area contributed by atoms with Crippen molar-refractivity contribution in [3.63, 3.8) is 0 Å². The summed E-state index contributed by atoms with van der Waals surface area (Å²) < 4.78 is 5.13. The second-order valence-electron chi connectivity index (χ2n) is 4.20. The van der Waals surface area contributed by atoms with Gasteiger partial charge in [-0.3, -0.25) is 4.99 Å². The quantitative estimate of drug-likeness (QED) is 0.767. The summed E-state index contributed by atoms with van der Waals surface area (Å²) >= 11 is 2.02. The first kappa shape index (κ1) is 11.1. The van der Waals surface area contributed by atoms with Gasteiger partial charge in [0.2, 0.25) is 0 Å². The highest BCUT2D eigenvalue weighted by atomic mass is 32.2. The molecule has 2 rings (SSSR count). The Morgan fingerprint density at radius 3 is 3.20 bits per heavy atom. The van der Waals surface area contributed by atoms with E-state index in [9.17, 15) is 0 Å². The fourth-order valence-electron chi connectivity index (χ4n) is 2.35. The number of ether oxygens (including phenoxy) is 1. The van der Waals surface area contributed by atoms with Gasteiger partial charge in [-0.15, -0.1) is 0 Å². The molecule has 5 heteroatoms. The van der Waals surface area contributed by atoms with Crippen molar-refractivity contribution < 1.29 is 4.74 Å². The number of nitrogens with two attached hydrogens (primary N) is 1. The first-order valence-electron chi connectivity index (χ1n) is 5.43. The second-order valence-corrected chi connectivity index (χ2v) is 5.30. The van der Waals surface area contributed by atoms with Crippen LogP contribution in [0.2, 0.25) is 0 Å². The molecule has 2 aliphatic heterocycles. The van der Waals surface area contributed by atoms with E-state index in [1.165, 1.54) is 18.6 Å². The molecule has 0 saturated carbocycles. The summed E-state index contributed by atoms with van der Waals surface area (Å²) in [5, 5.41) is 0. The molecule has 1 fully saturated rings. The summed E-state index contributed by atoms with van der Waals surface area (Å²) in [6, 6.07) is 0. The summed E-state index contributed by atoms with van der Waals surface area (Å²) in [4.78, 5) is 6.65. The molecule has 2 N–H and O–H groups in total. The molecule has 1 unspecified atom stereocenters. The van der Waals surface area contributed by atoms with Gasteiger partial charge in [-0.05, 0) is 18.6 Å². The van der Waals surface area contributed by atoms with Gasteiger partial charge in [0, 0.05) is 19.4 Å². The standard InChI is InChI=1S/C10H19N3OS/c1-14-5-4-13-9(11)12-7-10(13)3-2-6-15-8-10/h2-8H2,1H3,(H2,11,12). The van der Waals surface area contributed by atoms with Crippen LogP contribution in [0.5, 0.6) is 0 Å². The molecule has 2 heterocycles. The first-order chi connectivity index (χ1) is 7.28. The van der Waals surface area contributed by atoms with Gasteiger partial charge in [0.25, 0.3) is 0 Å². The van der Waals surface area contributed by atoms with Crippen LogP contribution in [0.25, 0.3) is 0 Å². The number of nitrogens with zero attached hydrogens (tertiary/aromatic N) is 2. The topological polar surface area (TPSA) is 50.9 Å². The van der Waals surface area contributed by atoms with Crippen molar-refractivity contribution in [1.29, 1.82) is 0 Å². The lowest BCUT2D eigenvalue weighted by Crippen LogP contribution is -2.55. The van der Waals surface area contributed by atoms with Gasteiger partial charge in [0.1, 0.15) is 0 Å². The van der Waals surface area contributed by atoms with Gasteiger partial charge < -0.3 is 15.4 Å². The molecular weight excluding hydrogens is 210 g/mol. The Hall–Kier alpha value is -0.420. The molecule has 1 saturated heterocycles. The van der Waals surface area contributed by atoms with E-state index in [1.807, 2.05) is 11.8 Å². The molecule has 0 aromatic rings. The maximum atomic E-state index is 5.94. The minimum atomic E-state index is 0.200. The van der Waals surface area contributed by atoms with Crippen LogP contribution in [0, 0.1) is 0 Å². The van der Waals surface area contributed by atoms with Crippen LogP contribution in [0.15, 0.2) is 4.99 Å². The van der Waals surface area contributed by atoms with E-state index >= 15 is 0 Å². The highest BCUT2D eigenvalue weighted by Crippen LogP contribution is 2.35. The van der Waals surface area contributed by atoms with Gasteiger partial charge in [0.05, 0.1) is 18.7 Å². The third kappa shape index (κ3) is 2.08. The number of rotatable bonds is 3. The average molecular weight is 229 g/mol. The molecule has 2 aliphatic rings. The molecule has 15 heavy (non-hydrogen) atoms. The molecule has 0 aromatic carbocycles. The van der Waals surface area contributed by atoms with E-state index in [0.717, 1.165) is 25.4 Å². The van der Waals surface area contributed by atoms with Crippen molar-refractivity contribution in [3.05, 3.63) is 0 Å². The molecule has 1 spiro atoms. The highest BCUT2D eigenvalue weighted by molar-refractivity contribution is 7.99. The van der Waals surface area contributed by atoms with Crippen LogP contribution in [0.4, 0.5) is 0 Å². The van der Waals surface area contributed by atoms with E-state index < -0.39 is 0 Å². The molecule has 0 radical (unpaired) electrons. The fraction of sp³-hybridized carbons (Fsp3) is 0.900. The molecule has 0 amide bonds. The van der Waals surface area contributed by atoms with Crippen LogP contribution in [-0.2, 0) is 4.74 Å². The SMILES string of the molecule is COCCN1C(N)=NCC12CCCSC2. The maximum Gasteiger partial charge on any atom is 0.191 e. The zero-order valence-electron chi connectivity index (χ0n) is 9.24. The van der Waals surface area contributed by atoms with E-state index in [2.05, 4.69) is 9.89 Å². The van der Waals surface area contributed by atoms with Gasteiger partial charge in [-0.1, -0.05) is 0 Å². The Bertz CT molecular complexity index is 251. The zero-order chi connectivity index (χ0) is 10.7. The van der Waals surface area contributed by atoms with E-state index in [0.29, 0.717) is 5.96 Å². The predicted octanol–water partition coefficient (Wildman–Crippen LogP) is 0.529. The number of aliphatic imine (C=N–C) groups is 1. The summed E-state index contributed by atoms with van der Waals surface area (Å²) in [6.07, 6.45) is 2.49. The largest absolute Gasteiger partial charge is 0.383 e. The van der Waals surface area contributed by atoms with Crippen LogP contribution >= 0.6 is 11.8 Å². The molecular formula is C10H19N3OS. The number of hydrogen-bond acceptors (Lipinski definition) is 5. The minimum absolute atomic E-state index is 0.200. The minimum Gasteiger partial charge on any atom is -0.383 e. The molecule has 0 bridgehead atoms. The molecule has 4 nitrogen and oxygen atoms in total. The first-order valence-corrected chi connectivity index (χ1v) is 6.58. The average Bonchev–Trinajstić information content (AvgIpc) is 2.55. The Morgan fingerprint density at radius 1 is 1.67 bits per heavy atom. The van der Waals surface area contributed by atoms with Crippen molar-refractivity contribution in [2.75, 3.05) is 38.3 Å². The van der Waals surface area contributed by atoms with Crippen LogP contribution < -0.4 is 5.73 Å². The zero-order valence-corrected chi connectivity index (χ0v) is 10.1. The van der Waals surface area contributed by atoms with Gasteiger partial charge in [0.15, 0.2) is 5.96 Å². The number of methoxy groups -OCH3 is 1. The van der Waals surface area contributed by atoms with E-state index in [1.54, 1.807) is 7.11 Å².